The van der Waals surface area contributed by atoms with E-state index in [1.54, 1.807) is 4.90 Å². The average molecular weight is 448 g/mol. The van der Waals surface area contributed by atoms with Gasteiger partial charge in [-0.25, -0.2) is 0 Å². The molecule has 3 amide bonds. The van der Waals surface area contributed by atoms with Crippen molar-refractivity contribution in [1.29, 1.82) is 0 Å². The molecule has 1 atom stereocenters. The number of piperidine rings is 2. The number of nitrogens with two attached hydrogens (primary N) is 1. The van der Waals surface area contributed by atoms with Crippen molar-refractivity contribution in [3.8, 4) is 0 Å². The summed E-state index contributed by atoms with van der Waals surface area (Å²) in [6.07, 6.45) is 2.69. The zero-order valence-electron chi connectivity index (χ0n) is 18.5. The Bertz CT molecular complexity index is 1080. The van der Waals surface area contributed by atoms with Crippen molar-refractivity contribution >= 4 is 29.1 Å². The van der Waals surface area contributed by atoms with Crippen molar-refractivity contribution in [1.82, 2.24) is 10.2 Å². The van der Waals surface area contributed by atoms with Gasteiger partial charge in [0, 0.05) is 55.6 Å². The van der Waals surface area contributed by atoms with Gasteiger partial charge < -0.3 is 20.9 Å². The molecule has 4 N–H and O–H groups in total. The highest BCUT2D eigenvalue weighted by molar-refractivity contribution is 6.05. The van der Waals surface area contributed by atoms with Gasteiger partial charge in [0.1, 0.15) is 6.04 Å². The summed E-state index contributed by atoms with van der Waals surface area (Å²) in [4.78, 5) is 40.6. The summed E-state index contributed by atoms with van der Waals surface area (Å²) in [5.74, 6) is -0.806. The fraction of sp³-hybridized carbons (Fsp3) is 0.400. The Morgan fingerprint density at radius 2 is 1.76 bits per heavy atom. The van der Waals surface area contributed by atoms with E-state index in [2.05, 4.69) is 39.8 Å². The molecule has 0 aliphatic carbocycles. The largest absolute Gasteiger partial charge is 0.381 e. The van der Waals surface area contributed by atoms with Gasteiger partial charge in [0.05, 0.1) is 0 Å². The second-order valence-electron chi connectivity index (χ2n) is 9.12. The molecule has 0 saturated carbocycles. The fourth-order valence-corrected chi connectivity index (χ4v) is 4.86. The van der Waals surface area contributed by atoms with E-state index in [-0.39, 0.29) is 24.1 Å². The molecule has 3 aliphatic heterocycles. The van der Waals surface area contributed by atoms with E-state index in [0.717, 1.165) is 42.7 Å². The third kappa shape index (κ3) is 4.43. The quantitative estimate of drug-likeness (QED) is 0.605. The molecule has 3 heterocycles. The smallest absolute Gasteiger partial charge is 0.255 e. The van der Waals surface area contributed by atoms with Crippen LogP contribution in [0.3, 0.4) is 0 Å². The van der Waals surface area contributed by atoms with Crippen molar-refractivity contribution in [2.45, 2.75) is 50.9 Å². The number of carbonyl (C=O) groups is 3. The molecule has 172 valence electrons. The molecule has 0 bridgehead atoms. The van der Waals surface area contributed by atoms with Crippen LogP contribution in [0, 0.1) is 0 Å². The number of carbonyl (C=O) groups excluding carboxylic acids is 3. The maximum Gasteiger partial charge on any atom is 0.255 e. The molecule has 3 aliphatic rings. The summed E-state index contributed by atoms with van der Waals surface area (Å²) >= 11 is 0. The molecule has 33 heavy (non-hydrogen) atoms. The number of fused-ring (bicyclic) bond motifs is 1. The van der Waals surface area contributed by atoms with Crippen LogP contribution in [0.15, 0.2) is 42.5 Å². The molecule has 5 rings (SSSR count). The predicted octanol–water partition coefficient (Wildman–Crippen LogP) is 1.99. The molecular weight excluding hydrogens is 418 g/mol. The summed E-state index contributed by atoms with van der Waals surface area (Å²) < 4.78 is 0. The first-order chi connectivity index (χ1) is 16.0. The van der Waals surface area contributed by atoms with Gasteiger partial charge in [0.15, 0.2) is 0 Å². The van der Waals surface area contributed by atoms with Crippen LogP contribution in [0.2, 0.25) is 0 Å². The Labute approximate surface area is 193 Å². The third-order valence-electron chi connectivity index (χ3n) is 6.86. The highest BCUT2D eigenvalue weighted by atomic mass is 16.2. The minimum absolute atomic E-state index is 0.146. The van der Waals surface area contributed by atoms with E-state index in [1.165, 1.54) is 5.69 Å². The molecule has 2 aromatic rings. The van der Waals surface area contributed by atoms with Crippen LogP contribution in [-0.2, 0) is 22.7 Å². The lowest BCUT2D eigenvalue weighted by atomic mass is 10.0. The van der Waals surface area contributed by atoms with Crippen molar-refractivity contribution in [3.05, 3.63) is 59.2 Å². The maximum atomic E-state index is 13.0. The summed E-state index contributed by atoms with van der Waals surface area (Å²) in [6.45, 7) is 2.98. The lowest BCUT2D eigenvalue weighted by Crippen LogP contribution is -2.52. The van der Waals surface area contributed by atoms with Gasteiger partial charge in [-0.15, -0.1) is 0 Å². The van der Waals surface area contributed by atoms with Gasteiger partial charge in [-0.2, -0.15) is 0 Å². The van der Waals surface area contributed by atoms with E-state index in [0.29, 0.717) is 31.1 Å². The Morgan fingerprint density at radius 3 is 2.48 bits per heavy atom. The predicted molar refractivity (Wildman–Crippen MR) is 126 cm³/mol. The number of hydrogen-bond acceptors (Lipinski definition) is 6. The Morgan fingerprint density at radius 1 is 1.00 bits per heavy atom. The Hall–Kier alpha value is -3.39. The minimum Gasteiger partial charge on any atom is -0.381 e. The highest BCUT2D eigenvalue weighted by Gasteiger charge is 2.39. The van der Waals surface area contributed by atoms with E-state index in [4.69, 9.17) is 5.73 Å². The zero-order valence-corrected chi connectivity index (χ0v) is 18.5. The van der Waals surface area contributed by atoms with Crippen LogP contribution in [0.1, 0.15) is 47.2 Å². The molecule has 2 saturated heterocycles. The van der Waals surface area contributed by atoms with Crippen LogP contribution >= 0.6 is 0 Å². The van der Waals surface area contributed by atoms with Crippen molar-refractivity contribution in [2.75, 3.05) is 23.3 Å². The topological polar surface area (TPSA) is 108 Å². The first-order valence-electron chi connectivity index (χ1n) is 11.6. The molecule has 2 fully saturated rings. The first kappa shape index (κ1) is 21.5. The molecule has 2 aromatic carbocycles. The second-order valence-corrected chi connectivity index (χ2v) is 9.12. The monoisotopic (exact) mass is 447 g/mol. The number of benzene rings is 2. The summed E-state index contributed by atoms with van der Waals surface area (Å²) in [5.41, 5.74) is 10.8. The summed E-state index contributed by atoms with van der Waals surface area (Å²) in [6, 6.07) is 14.0. The number of amides is 3. The minimum atomic E-state index is -0.585. The van der Waals surface area contributed by atoms with Crippen molar-refractivity contribution < 1.29 is 14.4 Å². The summed E-state index contributed by atoms with van der Waals surface area (Å²) in [5, 5.41) is 5.77. The summed E-state index contributed by atoms with van der Waals surface area (Å²) in [7, 11) is 0. The Kier molecular flexibility index (Phi) is 5.76. The van der Waals surface area contributed by atoms with Crippen molar-refractivity contribution in [3.63, 3.8) is 0 Å². The molecule has 0 spiro atoms. The van der Waals surface area contributed by atoms with E-state index in [1.807, 2.05) is 18.2 Å². The van der Waals surface area contributed by atoms with Crippen molar-refractivity contribution in [2.24, 2.45) is 5.73 Å². The lowest BCUT2D eigenvalue weighted by Gasteiger charge is -2.32. The number of nitrogens with zero attached hydrogens (tertiary/aromatic N) is 2. The van der Waals surface area contributed by atoms with E-state index >= 15 is 0 Å². The maximum absolute atomic E-state index is 13.0. The van der Waals surface area contributed by atoms with Crippen LogP contribution in [0.5, 0.6) is 0 Å². The number of imide groups is 1. The average Bonchev–Trinajstić information content (AvgIpc) is 3.14. The lowest BCUT2D eigenvalue weighted by molar-refractivity contribution is -0.136. The normalized spacial score (nSPS) is 21.2. The highest BCUT2D eigenvalue weighted by Crippen LogP contribution is 2.28. The Balaban J connectivity index is 1.21. The SMILES string of the molecule is NC1CCN(c2ccc(NCc3ccc4c(c3)C(=O)N(C3CCC(=O)NC3=O)C4)cc2)CC1. The molecule has 8 heteroatoms. The second kappa shape index (κ2) is 8.86. The number of anilines is 2. The van der Waals surface area contributed by atoms with Gasteiger partial charge in [-0.3, -0.25) is 19.7 Å². The standard InChI is InChI=1S/C25H29N5O3/c26-18-9-11-29(12-10-18)20-5-3-19(4-6-20)27-14-16-1-2-17-15-30(25(33)21(17)13-16)22-7-8-23(31)28-24(22)32/h1-6,13,18,22,27H,7-12,14-15,26H2,(H,28,31,32). The number of hydrogen-bond donors (Lipinski definition) is 3. The van der Waals surface area contributed by atoms with Crippen LogP contribution in [0.25, 0.3) is 0 Å². The molecule has 8 nitrogen and oxygen atoms in total. The molecule has 1 unspecified atom stereocenters. The molecule has 0 aromatic heterocycles. The van der Waals surface area contributed by atoms with E-state index in [9.17, 15) is 14.4 Å². The zero-order chi connectivity index (χ0) is 22.9. The van der Waals surface area contributed by atoms with Crippen LogP contribution in [0.4, 0.5) is 11.4 Å². The van der Waals surface area contributed by atoms with Gasteiger partial charge in [0.25, 0.3) is 5.91 Å². The van der Waals surface area contributed by atoms with Crippen LogP contribution in [-0.4, -0.2) is 47.8 Å². The third-order valence-corrected chi connectivity index (χ3v) is 6.86. The van der Waals surface area contributed by atoms with Crippen LogP contribution < -0.4 is 21.3 Å². The van der Waals surface area contributed by atoms with Gasteiger partial charge >= 0.3 is 0 Å². The fourth-order valence-electron chi connectivity index (χ4n) is 4.86. The molecular formula is C25H29N5O3. The molecule has 0 radical (unpaired) electrons. The van der Waals surface area contributed by atoms with Gasteiger partial charge in [-0.1, -0.05) is 12.1 Å². The first-order valence-corrected chi connectivity index (χ1v) is 11.6. The number of nitrogens with one attached hydrogen (secondary N) is 2. The van der Waals surface area contributed by atoms with E-state index < -0.39 is 6.04 Å². The number of rotatable bonds is 5. The van der Waals surface area contributed by atoms with Gasteiger partial charge in [-0.05, 0) is 60.7 Å². The van der Waals surface area contributed by atoms with Gasteiger partial charge in [0.2, 0.25) is 11.8 Å².